The first-order chi connectivity index (χ1) is 6.63. The summed E-state index contributed by atoms with van der Waals surface area (Å²) in [5, 5.41) is 12.1. The molecular weight excluding hydrogens is 286 g/mol. The molecule has 0 aliphatic rings. The summed E-state index contributed by atoms with van der Waals surface area (Å²) in [4.78, 5) is 1.20. The van der Waals surface area contributed by atoms with Crippen molar-refractivity contribution in [3.8, 4) is 0 Å². The molecule has 1 atom stereocenters. The van der Waals surface area contributed by atoms with Crippen LogP contribution in [0, 0.1) is 5.92 Å². The van der Waals surface area contributed by atoms with E-state index in [2.05, 4.69) is 21.2 Å². The fraction of sp³-hybridized carbons (Fsp3) is 0.556. The molecular formula is C9H13BrClNOS. The van der Waals surface area contributed by atoms with Crippen molar-refractivity contribution in [3.05, 3.63) is 19.8 Å². The van der Waals surface area contributed by atoms with Gasteiger partial charge in [0.05, 0.1) is 0 Å². The van der Waals surface area contributed by atoms with Gasteiger partial charge in [-0.15, -0.1) is 11.3 Å². The number of rotatable bonds is 5. The van der Waals surface area contributed by atoms with E-state index in [0.717, 1.165) is 21.9 Å². The lowest BCUT2D eigenvalue weighted by molar-refractivity contribution is 0.233. The molecule has 0 aromatic carbocycles. The smallest absolute Gasteiger partial charge is 0.107 e. The molecule has 0 spiro atoms. The zero-order chi connectivity index (χ0) is 10.6. The van der Waals surface area contributed by atoms with Crippen LogP contribution < -0.4 is 5.32 Å². The molecule has 0 saturated carbocycles. The molecule has 0 fully saturated rings. The normalized spacial score (nSPS) is 13.1. The molecule has 0 saturated heterocycles. The third kappa shape index (κ3) is 3.87. The lowest BCUT2D eigenvalue weighted by atomic mass is 10.2. The number of hydrogen-bond acceptors (Lipinski definition) is 3. The Morgan fingerprint density at radius 3 is 2.93 bits per heavy atom. The first-order valence-corrected chi connectivity index (χ1v) is 6.37. The highest BCUT2D eigenvalue weighted by molar-refractivity contribution is 9.10. The molecule has 0 amide bonds. The van der Waals surface area contributed by atoms with Crippen LogP contribution in [0.5, 0.6) is 0 Å². The number of halogens is 2. The van der Waals surface area contributed by atoms with Crippen LogP contribution in [-0.4, -0.2) is 18.3 Å². The van der Waals surface area contributed by atoms with Crippen LogP contribution in [0.3, 0.4) is 0 Å². The highest BCUT2D eigenvalue weighted by Crippen LogP contribution is 2.31. The minimum atomic E-state index is 0.224. The van der Waals surface area contributed by atoms with E-state index in [1.54, 1.807) is 11.3 Å². The van der Waals surface area contributed by atoms with Gasteiger partial charge in [0.25, 0.3) is 0 Å². The van der Waals surface area contributed by atoms with E-state index in [-0.39, 0.29) is 6.61 Å². The first kappa shape index (κ1) is 12.5. The largest absolute Gasteiger partial charge is 0.396 e. The van der Waals surface area contributed by atoms with Gasteiger partial charge >= 0.3 is 0 Å². The minimum absolute atomic E-state index is 0.224. The monoisotopic (exact) mass is 297 g/mol. The number of aliphatic hydroxyl groups excluding tert-OH is 1. The van der Waals surface area contributed by atoms with Crippen molar-refractivity contribution in [2.45, 2.75) is 13.5 Å². The lowest BCUT2D eigenvalue weighted by Gasteiger charge is -2.07. The molecule has 0 bridgehead atoms. The lowest BCUT2D eigenvalue weighted by Crippen LogP contribution is -2.22. The van der Waals surface area contributed by atoms with Crippen LogP contribution in [-0.2, 0) is 6.54 Å². The standard InChI is InChI=1S/C9H13BrClNOS/c1-6(5-13)3-12-4-7-2-8(10)9(11)14-7/h2,6,12-13H,3-5H2,1H3. The van der Waals surface area contributed by atoms with E-state index < -0.39 is 0 Å². The summed E-state index contributed by atoms with van der Waals surface area (Å²) in [6, 6.07) is 2.02. The summed E-state index contributed by atoms with van der Waals surface area (Å²) >= 11 is 10.8. The van der Waals surface area contributed by atoms with E-state index in [0.29, 0.717) is 5.92 Å². The topological polar surface area (TPSA) is 32.3 Å². The molecule has 0 aliphatic heterocycles. The van der Waals surface area contributed by atoms with Crippen LogP contribution in [0.25, 0.3) is 0 Å². The summed E-state index contributed by atoms with van der Waals surface area (Å²) in [6.45, 7) is 3.86. The SMILES string of the molecule is CC(CO)CNCc1cc(Br)c(Cl)s1. The molecule has 1 rings (SSSR count). The zero-order valence-corrected chi connectivity index (χ0v) is 11.0. The molecule has 14 heavy (non-hydrogen) atoms. The molecule has 2 N–H and O–H groups in total. The van der Waals surface area contributed by atoms with E-state index >= 15 is 0 Å². The van der Waals surface area contributed by atoms with Gasteiger partial charge in [-0.05, 0) is 27.9 Å². The predicted octanol–water partition coefficient (Wildman–Crippen LogP) is 2.88. The van der Waals surface area contributed by atoms with Crippen molar-refractivity contribution in [1.82, 2.24) is 5.32 Å². The molecule has 1 heterocycles. The molecule has 1 unspecified atom stereocenters. The Labute approximate surface area is 101 Å². The fourth-order valence-corrected chi connectivity index (χ4v) is 2.74. The summed E-state index contributed by atoms with van der Waals surface area (Å²) < 4.78 is 1.74. The fourth-order valence-electron chi connectivity index (χ4n) is 0.985. The van der Waals surface area contributed by atoms with Crippen molar-refractivity contribution in [1.29, 1.82) is 0 Å². The van der Waals surface area contributed by atoms with E-state index in [1.807, 2.05) is 13.0 Å². The van der Waals surface area contributed by atoms with Gasteiger partial charge in [-0.25, -0.2) is 0 Å². The minimum Gasteiger partial charge on any atom is -0.396 e. The second kappa shape index (κ2) is 6.08. The molecule has 2 nitrogen and oxygen atoms in total. The number of hydrogen-bond donors (Lipinski definition) is 2. The average molecular weight is 299 g/mol. The Bertz CT molecular complexity index is 273. The van der Waals surface area contributed by atoms with E-state index in [1.165, 1.54) is 4.88 Å². The number of thiophene rings is 1. The van der Waals surface area contributed by atoms with E-state index in [4.69, 9.17) is 16.7 Å². The third-order valence-corrected chi connectivity index (χ3v) is 4.27. The highest BCUT2D eigenvalue weighted by atomic mass is 79.9. The van der Waals surface area contributed by atoms with Gasteiger partial charge in [0.1, 0.15) is 4.34 Å². The van der Waals surface area contributed by atoms with Crippen molar-refractivity contribution in [2.24, 2.45) is 5.92 Å². The van der Waals surface area contributed by atoms with Crippen LogP contribution in [0.1, 0.15) is 11.8 Å². The molecule has 1 aromatic rings. The molecule has 0 radical (unpaired) electrons. The summed E-state index contributed by atoms with van der Waals surface area (Å²) in [5.41, 5.74) is 0. The van der Waals surface area contributed by atoms with Crippen molar-refractivity contribution < 1.29 is 5.11 Å². The van der Waals surface area contributed by atoms with Crippen LogP contribution in [0.4, 0.5) is 0 Å². The van der Waals surface area contributed by atoms with Crippen LogP contribution in [0.15, 0.2) is 10.5 Å². The second-order valence-corrected chi connectivity index (χ2v) is 5.85. The molecule has 0 aliphatic carbocycles. The van der Waals surface area contributed by atoms with Gasteiger partial charge in [-0.1, -0.05) is 18.5 Å². The van der Waals surface area contributed by atoms with Gasteiger partial charge in [-0.2, -0.15) is 0 Å². The van der Waals surface area contributed by atoms with E-state index in [9.17, 15) is 0 Å². The van der Waals surface area contributed by atoms with Gasteiger partial charge in [0.2, 0.25) is 0 Å². The number of nitrogens with one attached hydrogen (secondary N) is 1. The van der Waals surface area contributed by atoms with Crippen molar-refractivity contribution in [3.63, 3.8) is 0 Å². The highest BCUT2D eigenvalue weighted by Gasteiger charge is 2.04. The second-order valence-electron chi connectivity index (χ2n) is 3.25. The molecule has 5 heteroatoms. The van der Waals surface area contributed by atoms with Crippen molar-refractivity contribution in [2.75, 3.05) is 13.2 Å². The number of aliphatic hydroxyl groups is 1. The quantitative estimate of drug-likeness (QED) is 0.876. The van der Waals surface area contributed by atoms with Gasteiger partial charge in [0, 0.05) is 29.0 Å². The maximum absolute atomic E-state index is 8.81. The van der Waals surface area contributed by atoms with Gasteiger partial charge in [-0.3, -0.25) is 0 Å². The Hall–Kier alpha value is 0.390. The maximum atomic E-state index is 8.81. The van der Waals surface area contributed by atoms with Crippen LogP contribution in [0.2, 0.25) is 4.34 Å². The summed E-state index contributed by atoms with van der Waals surface area (Å²) in [7, 11) is 0. The predicted molar refractivity (Wildman–Crippen MR) is 65.0 cm³/mol. The summed E-state index contributed by atoms with van der Waals surface area (Å²) in [5.74, 6) is 0.300. The zero-order valence-electron chi connectivity index (χ0n) is 7.89. The summed E-state index contributed by atoms with van der Waals surface area (Å²) in [6.07, 6.45) is 0. The van der Waals surface area contributed by atoms with Crippen molar-refractivity contribution >= 4 is 38.9 Å². The Balaban J connectivity index is 2.31. The van der Waals surface area contributed by atoms with Gasteiger partial charge < -0.3 is 10.4 Å². The van der Waals surface area contributed by atoms with Gasteiger partial charge in [0.15, 0.2) is 0 Å². The molecule has 80 valence electrons. The maximum Gasteiger partial charge on any atom is 0.107 e. The Morgan fingerprint density at radius 1 is 1.71 bits per heavy atom. The first-order valence-electron chi connectivity index (χ1n) is 4.38. The Kier molecular flexibility index (Phi) is 5.41. The molecule has 1 aromatic heterocycles. The Morgan fingerprint density at radius 2 is 2.43 bits per heavy atom. The third-order valence-electron chi connectivity index (χ3n) is 1.80. The van der Waals surface area contributed by atoms with Crippen LogP contribution >= 0.6 is 38.9 Å². The average Bonchev–Trinajstić information content (AvgIpc) is 2.46.